The predicted molar refractivity (Wildman–Crippen MR) is 91.5 cm³/mol. The molecule has 0 amide bonds. The van der Waals surface area contributed by atoms with Crippen LogP contribution in [0.15, 0.2) is 42.5 Å². The van der Waals surface area contributed by atoms with Crippen LogP contribution in [0.4, 0.5) is 22.0 Å². The number of hydrogen-bond donors (Lipinski definition) is 1. The van der Waals surface area contributed by atoms with E-state index in [2.05, 4.69) is 4.74 Å². The number of alkyl halides is 5. The summed E-state index contributed by atoms with van der Waals surface area (Å²) in [7, 11) is -6.64. The van der Waals surface area contributed by atoms with Crippen LogP contribution in [0, 0.1) is 0 Å². The SMILES string of the molecule is O=C(OC(C(F)(F)F)C(F)(F)S(=O)(=O)O)c1cccc2c1C(=O)c1ccccc1C2=O. The number of fused-ring (bicyclic) bond motifs is 2. The van der Waals surface area contributed by atoms with Crippen molar-refractivity contribution >= 4 is 27.7 Å². The maximum Gasteiger partial charge on any atom is 0.432 e. The number of hydrogen-bond acceptors (Lipinski definition) is 6. The second-order valence-electron chi connectivity index (χ2n) is 6.30. The summed E-state index contributed by atoms with van der Waals surface area (Å²) in [6, 6.07) is 8.18. The molecule has 13 heteroatoms. The first-order valence-corrected chi connectivity index (χ1v) is 9.56. The van der Waals surface area contributed by atoms with E-state index in [0.29, 0.717) is 0 Å². The molecule has 1 aliphatic rings. The van der Waals surface area contributed by atoms with Crippen molar-refractivity contribution in [3.63, 3.8) is 0 Å². The van der Waals surface area contributed by atoms with E-state index in [0.717, 1.165) is 18.2 Å². The molecule has 7 nitrogen and oxygen atoms in total. The predicted octanol–water partition coefficient (Wildman–Crippen LogP) is 3.03. The molecule has 0 heterocycles. The molecule has 0 saturated heterocycles. The van der Waals surface area contributed by atoms with Crippen LogP contribution in [0.3, 0.4) is 0 Å². The first kappa shape index (κ1) is 22.5. The van der Waals surface area contributed by atoms with E-state index in [9.17, 15) is 44.8 Å². The van der Waals surface area contributed by atoms with Gasteiger partial charge < -0.3 is 4.74 Å². The molecule has 164 valence electrons. The van der Waals surface area contributed by atoms with E-state index >= 15 is 0 Å². The maximum absolute atomic E-state index is 13.7. The van der Waals surface area contributed by atoms with Crippen LogP contribution in [-0.4, -0.2) is 48.0 Å². The lowest BCUT2D eigenvalue weighted by Gasteiger charge is -2.26. The number of esters is 1. The van der Waals surface area contributed by atoms with Gasteiger partial charge in [0.2, 0.25) is 0 Å². The van der Waals surface area contributed by atoms with Crippen molar-refractivity contribution < 1.29 is 54.0 Å². The summed E-state index contributed by atoms with van der Waals surface area (Å²) in [6.45, 7) is 0. The van der Waals surface area contributed by atoms with Gasteiger partial charge >= 0.3 is 27.5 Å². The van der Waals surface area contributed by atoms with Gasteiger partial charge in [-0.15, -0.1) is 0 Å². The summed E-state index contributed by atoms with van der Waals surface area (Å²) in [5.74, 6) is -3.86. The van der Waals surface area contributed by atoms with Crippen molar-refractivity contribution in [1.29, 1.82) is 0 Å². The Labute approximate surface area is 170 Å². The Bertz CT molecular complexity index is 1220. The fraction of sp³-hybridized carbons (Fsp3) is 0.167. The number of ether oxygens (including phenoxy) is 1. The monoisotopic (exact) mass is 464 g/mol. The second kappa shape index (κ2) is 7.20. The van der Waals surface area contributed by atoms with E-state index < -0.39 is 56.3 Å². The Morgan fingerprint density at radius 1 is 0.871 bits per heavy atom. The summed E-state index contributed by atoms with van der Waals surface area (Å²) in [5, 5.41) is -5.94. The zero-order valence-electron chi connectivity index (χ0n) is 14.8. The number of carbonyl (C=O) groups excluding carboxylic acids is 3. The van der Waals surface area contributed by atoms with Crippen molar-refractivity contribution in [3.8, 4) is 0 Å². The van der Waals surface area contributed by atoms with E-state index in [1.807, 2.05) is 0 Å². The number of halogens is 5. The van der Waals surface area contributed by atoms with Crippen molar-refractivity contribution in [2.45, 2.75) is 17.5 Å². The Morgan fingerprint density at radius 3 is 1.90 bits per heavy atom. The molecule has 0 aromatic heterocycles. The average molecular weight is 464 g/mol. The zero-order valence-corrected chi connectivity index (χ0v) is 15.6. The lowest BCUT2D eigenvalue weighted by atomic mass is 9.82. The maximum atomic E-state index is 13.7. The minimum absolute atomic E-state index is 0.0448. The van der Waals surface area contributed by atoms with Gasteiger partial charge in [-0.1, -0.05) is 36.4 Å². The molecule has 0 aliphatic heterocycles. The summed E-state index contributed by atoms with van der Waals surface area (Å²) in [4.78, 5) is 37.7. The molecule has 1 atom stereocenters. The van der Waals surface area contributed by atoms with Gasteiger partial charge in [-0.3, -0.25) is 14.1 Å². The highest BCUT2D eigenvalue weighted by Crippen LogP contribution is 2.39. The van der Waals surface area contributed by atoms with Crippen LogP contribution < -0.4 is 0 Å². The minimum atomic E-state index is -6.64. The summed E-state index contributed by atoms with van der Waals surface area (Å²) >= 11 is 0. The molecule has 1 unspecified atom stereocenters. The third-order valence-corrected chi connectivity index (χ3v) is 5.25. The molecule has 2 aromatic rings. The summed E-state index contributed by atoms with van der Waals surface area (Å²) in [6.07, 6.45) is -10.7. The molecular formula is C18H9F5O7S. The van der Waals surface area contributed by atoms with Crippen molar-refractivity contribution in [2.75, 3.05) is 0 Å². The van der Waals surface area contributed by atoms with Crippen LogP contribution in [0.2, 0.25) is 0 Å². The van der Waals surface area contributed by atoms with E-state index in [1.165, 1.54) is 24.3 Å². The molecule has 2 aromatic carbocycles. The first-order chi connectivity index (χ1) is 14.2. The number of ketones is 2. The molecule has 1 aliphatic carbocycles. The highest BCUT2D eigenvalue weighted by Gasteiger charge is 2.66. The lowest BCUT2D eigenvalue weighted by molar-refractivity contribution is -0.248. The first-order valence-electron chi connectivity index (χ1n) is 8.12. The van der Waals surface area contributed by atoms with Gasteiger partial charge in [0.05, 0.1) is 5.56 Å². The topological polar surface area (TPSA) is 115 Å². The Morgan fingerprint density at radius 2 is 1.39 bits per heavy atom. The fourth-order valence-corrected chi connectivity index (χ4v) is 3.40. The summed E-state index contributed by atoms with van der Waals surface area (Å²) < 4.78 is 100. The molecule has 0 spiro atoms. The number of rotatable bonds is 4. The van der Waals surface area contributed by atoms with Gasteiger partial charge in [-0.2, -0.15) is 30.4 Å². The van der Waals surface area contributed by atoms with Gasteiger partial charge in [-0.25, -0.2) is 4.79 Å². The van der Waals surface area contributed by atoms with Gasteiger partial charge in [-0.05, 0) is 6.07 Å². The largest absolute Gasteiger partial charge is 0.441 e. The summed E-state index contributed by atoms with van der Waals surface area (Å²) in [5.41, 5.74) is -2.27. The van der Waals surface area contributed by atoms with Crippen LogP contribution in [0.25, 0.3) is 0 Å². The molecule has 0 saturated carbocycles. The third kappa shape index (κ3) is 3.70. The number of benzene rings is 2. The van der Waals surface area contributed by atoms with Gasteiger partial charge in [0.25, 0.3) is 6.10 Å². The van der Waals surface area contributed by atoms with Crippen molar-refractivity contribution in [1.82, 2.24) is 0 Å². The zero-order chi connectivity index (χ0) is 23.4. The minimum Gasteiger partial charge on any atom is -0.441 e. The van der Waals surface area contributed by atoms with E-state index in [4.69, 9.17) is 4.55 Å². The quantitative estimate of drug-likeness (QED) is 0.359. The third-order valence-electron chi connectivity index (χ3n) is 4.34. The highest BCUT2D eigenvalue weighted by atomic mass is 32.2. The van der Waals surface area contributed by atoms with Crippen LogP contribution in [0.5, 0.6) is 0 Å². The van der Waals surface area contributed by atoms with Crippen LogP contribution in [-0.2, 0) is 14.9 Å². The lowest BCUT2D eigenvalue weighted by Crippen LogP contribution is -2.52. The Hall–Kier alpha value is -3.19. The number of carbonyl (C=O) groups is 3. The van der Waals surface area contributed by atoms with Gasteiger partial charge in [0.1, 0.15) is 0 Å². The van der Waals surface area contributed by atoms with Crippen molar-refractivity contribution in [2.24, 2.45) is 0 Å². The van der Waals surface area contributed by atoms with E-state index in [1.54, 1.807) is 0 Å². The second-order valence-corrected chi connectivity index (χ2v) is 7.79. The Kier molecular flexibility index (Phi) is 5.22. The van der Waals surface area contributed by atoms with Crippen LogP contribution >= 0.6 is 0 Å². The molecule has 0 radical (unpaired) electrons. The molecule has 0 fully saturated rings. The average Bonchev–Trinajstić information content (AvgIpc) is 2.67. The molecule has 3 rings (SSSR count). The van der Waals surface area contributed by atoms with Gasteiger partial charge in [0, 0.05) is 22.3 Å². The van der Waals surface area contributed by atoms with Crippen molar-refractivity contribution in [3.05, 3.63) is 70.3 Å². The highest BCUT2D eigenvalue weighted by molar-refractivity contribution is 7.86. The normalized spacial score (nSPS) is 15.2. The molecule has 0 bridgehead atoms. The van der Waals surface area contributed by atoms with Crippen LogP contribution in [0.1, 0.15) is 42.2 Å². The molecular weight excluding hydrogens is 455 g/mol. The smallest absolute Gasteiger partial charge is 0.432 e. The molecule has 1 N–H and O–H groups in total. The van der Waals surface area contributed by atoms with E-state index in [-0.39, 0.29) is 16.7 Å². The Balaban J connectivity index is 2.10. The standard InChI is InChI=1S/C18H9F5O7S/c19-17(20,21)16(18(22,23)31(27,28)29)30-15(26)11-7-3-6-10-12(11)14(25)9-5-2-1-4-8(9)13(10)24/h1-7,16H,(H,27,28,29). The van der Waals surface area contributed by atoms with Gasteiger partial charge in [0.15, 0.2) is 11.6 Å². The fourth-order valence-electron chi connectivity index (χ4n) is 2.95. The molecule has 31 heavy (non-hydrogen) atoms.